The van der Waals surface area contributed by atoms with E-state index in [0.29, 0.717) is 0 Å². The van der Waals surface area contributed by atoms with E-state index in [1.165, 1.54) is 0 Å². The van der Waals surface area contributed by atoms with Crippen LogP contribution in [0.4, 0.5) is 0 Å². The first-order valence-corrected chi connectivity index (χ1v) is 11.5. The molecule has 2 aromatic carbocycles. The Morgan fingerprint density at radius 2 is 1.82 bits per heavy atom. The zero-order chi connectivity index (χ0) is 23.7. The molecule has 174 valence electrons. The van der Waals surface area contributed by atoms with E-state index in [-0.39, 0.29) is 17.7 Å². The predicted octanol–water partition coefficient (Wildman–Crippen LogP) is 3.64. The summed E-state index contributed by atoms with van der Waals surface area (Å²) in [5, 5.41) is 14.7. The molecule has 2 aromatic heterocycles. The maximum atomic E-state index is 13.2. The number of carbonyl (C=O) groups excluding carboxylic acids is 1. The molecule has 0 radical (unpaired) electrons. The lowest BCUT2D eigenvalue weighted by Crippen LogP contribution is -2.49. The number of benzene rings is 2. The summed E-state index contributed by atoms with van der Waals surface area (Å²) in [6, 6.07) is 17.3. The van der Waals surface area contributed by atoms with Gasteiger partial charge in [0.15, 0.2) is 0 Å². The Kier molecular flexibility index (Phi) is 6.04. The van der Waals surface area contributed by atoms with Crippen molar-refractivity contribution in [2.24, 2.45) is 0 Å². The van der Waals surface area contributed by atoms with Gasteiger partial charge < -0.3 is 20.3 Å². The van der Waals surface area contributed by atoms with Gasteiger partial charge in [-0.05, 0) is 29.3 Å². The van der Waals surface area contributed by atoms with Crippen LogP contribution in [0, 0.1) is 0 Å². The van der Waals surface area contributed by atoms with Crippen LogP contribution in [-0.2, 0) is 4.79 Å². The molecule has 7 heteroatoms. The molecule has 0 aliphatic carbocycles. The van der Waals surface area contributed by atoms with E-state index in [2.05, 4.69) is 32.3 Å². The number of nitrogens with one attached hydrogen (secondary N) is 2. The monoisotopic (exact) mass is 455 g/mol. The third-order valence-electron chi connectivity index (χ3n) is 6.45. The van der Waals surface area contributed by atoms with Crippen LogP contribution in [-0.4, -0.2) is 71.1 Å². The Morgan fingerprint density at radius 1 is 1.03 bits per heavy atom. The van der Waals surface area contributed by atoms with Crippen LogP contribution in [0.1, 0.15) is 11.6 Å². The number of fused-ring (bicyclic) bond motifs is 1. The molecule has 4 aromatic rings. The molecule has 5 rings (SSSR count). The molecular formula is C27H29N5O2. The summed E-state index contributed by atoms with van der Waals surface area (Å²) in [6.07, 6.45) is 3.73. The van der Waals surface area contributed by atoms with E-state index in [0.717, 1.165) is 65.0 Å². The number of nitrogens with zero attached hydrogens (tertiary/aromatic N) is 3. The van der Waals surface area contributed by atoms with Crippen LogP contribution in [0.15, 0.2) is 67.0 Å². The first kappa shape index (κ1) is 22.1. The number of pyridine rings is 1. The van der Waals surface area contributed by atoms with Crippen molar-refractivity contribution in [3.8, 4) is 28.0 Å². The Morgan fingerprint density at radius 3 is 2.59 bits per heavy atom. The largest absolute Gasteiger partial charge is 0.507 e. The summed E-state index contributed by atoms with van der Waals surface area (Å²) < 4.78 is 0. The highest BCUT2D eigenvalue weighted by Gasteiger charge is 2.30. The number of aromatic hydroxyl groups is 1. The highest BCUT2D eigenvalue weighted by Crippen LogP contribution is 2.36. The van der Waals surface area contributed by atoms with Gasteiger partial charge in [0.1, 0.15) is 17.4 Å². The second-order valence-electron chi connectivity index (χ2n) is 8.89. The Bertz CT molecular complexity index is 1320. The third kappa shape index (κ3) is 4.16. The second-order valence-corrected chi connectivity index (χ2v) is 8.89. The summed E-state index contributed by atoms with van der Waals surface area (Å²) in [6.45, 7) is 3.41. The molecule has 1 fully saturated rings. The summed E-state index contributed by atoms with van der Waals surface area (Å²) in [5.74, 6) is 0.317. The van der Waals surface area contributed by atoms with Gasteiger partial charge in [0.05, 0.1) is 0 Å². The fourth-order valence-electron chi connectivity index (χ4n) is 4.67. The fourth-order valence-corrected chi connectivity index (χ4v) is 4.67. The summed E-state index contributed by atoms with van der Waals surface area (Å²) in [4.78, 5) is 24.9. The molecule has 3 heterocycles. The number of para-hydroxylation sites is 1. The minimum Gasteiger partial charge on any atom is -0.507 e. The molecule has 0 bridgehead atoms. The molecule has 0 spiro atoms. The lowest BCUT2D eigenvalue weighted by Gasteiger charge is -2.35. The highest BCUT2D eigenvalue weighted by atomic mass is 16.3. The van der Waals surface area contributed by atoms with Crippen LogP contribution >= 0.6 is 0 Å². The molecule has 1 saturated heterocycles. The molecule has 7 nitrogen and oxygen atoms in total. The minimum absolute atomic E-state index is 0.0834. The number of phenolic OH excluding ortho intramolecular Hbond substituents is 1. The predicted molar refractivity (Wildman–Crippen MR) is 135 cm³/mol. The summed E-state index contributed by atoms with van der Waals surface area (Å²) >= 11 is 0. The van der Waals surface area contributed by atoms with Gasteiger partial charge in [0.2, 0.25) is 5.91 Å². The zero-order valence-electron chi connectivity index (χ0n) is 19.5. The third-order valence-corrected chi connectivity index (χ3v) is 6.45. The molecule has 1 aliphatic rings. The van der Waals surface area contributed by atoms with Crippen molar-refractivity contribution in [2.75, 3.05) is 40.3 Å². The van der Waals surface area contributed by atoms with Gasteiger partial charge in [0.25, 0.3) is 0 Å². The molecule has 1 atom stereocenters. The van der Waals surface area contributed by atoms with Crippen molar-refractivity contribution in [3.63, 3.8) is 0 Å². The van der Waals surface area contributed by atoms with Gasteiger partial charge in [-0.1, -0.05) is 36.4 Å². The van der Waals surface area contributed by atoms with E-state index >= 15 is 0 Å². The van der Waals surface area contributed by atoms with E-state index in [1.54, 1.807) is 11.0 Å². The number of aromatic amines is 1. The van der Waals surface area contributed by atoms with Gasteiger partial charge in [-0.25, -0.2) is 4.98 Å². The average molecular weight is 456 g/mol. The molecular weight excluding hydrogens is 426 g/mol. The molecule has 1 amide bonds. The maximum Gasteiger partial charge on any atom is 0.244 e. The minimum atomic E-state index is -0.321. The first-order valence-electron chi connectivity index (χ1n) is 11.5. The summed E-state index contributed by atoms with van der Waals surface area (Å²) in [5.41, 5.74) is 5.37. The zero-order valence-corrected chi connectivity index (χ0v) is 19.5. The van der Waals surface area contributed by atoms with E-state index < -0.39 is 0 Å². The molecule has 0 saturated carbocycles. The standard InChI is InChI=1S/C27H29N5O2/c1-31(2)27(34)25(32-12-10-28-11-13-32)19-7-5-6-18(14-19)20-15-22-23(17-30-26(22)29-16-20)21-8-3-4-9-24(21)33/h3-9,14-17,25,28,33H,10-13H2,1-2H3,(H,29,30). The number of likely N-dealkylation sites (N-methyl/N-ethyl adjacent to an activating group) is 1. The number of H-pyrrole nitrogens is 1. The number of hydrogen-bond donors (Lipinski definition) is 3. The molecule has 3 N–H and O–H groups in total. The van der Waals surface area contributed by atoms with Gasteiger partial charge >= 0.3 is 0 Å². The van der Waals surface area contributed by atoms with Crippen molar-refractivity contribution in [2.45, 2.75) is 6.04 Å². The number of carbonyl (C=O) groups is 1. The van der Waals surface area contributed by atoms with Gasteiger partial charge in [0, 0.05) is 74.7 Å². The van der Waals surface area contributed by atoms with Crippen LogP contribution < -0.4 is 5.32 Å². The van der Waals surface area contributed by atoms with Crippen LogP contribution in [0.25, 0.3) is 33.3 Å². The Balaban J connectivity index is 1.56. The van der Waals surface area contributed by atoms with Crippen molar-refractivity contribution in [3.05, 3.63) is 72.6 Å². The smallest absolute Gasteiger partial charge is 0.244 e. The highest BCUT2D eigenvalue weighted by molar-refractivity contribution is 5.97. The quantitative estimate of drug-likeness (QED) is 0.428. The number of rotatable bonds is 5. The van der Waals surface area contributed by atoms with Crippen molar-refractivity contribution < 1.29 is 9.90 Å². The fraction of sp³-hybridized carbons (Fsp3) is 0.259. The number of aromatic nitrogens is 2. The van der Waals surface area contributed by atoms with Crippen molar-refractivity contribution in [1.29, 1.82) is 0 Å². The normalized spacial score (nSPS) is 15.4. The molecule has 1 aliphatic heterocycles. The average Bonchev–Trinajstić information content (AvgIpc) is 3.28. The Hall–Kier alpha value is -3.68. The number of piperazine rings is 1. The van der Waals surface area contributed by atoms with E-state index in [4.69, 9.17) is 0 Å². The first-order chi connectivity index (χ1) is 16.5. The maximum absolute atomic E-state index is 13.2. The van der Waals surface area contributed by atoms with Crippen LogP contribution in [0.5, 0.6) is 5.75 Å². The van der Waals surface area contributed by atoms with Crippen LogP contribution in [0.3, 0.4) is 0 Å². The molecule has 1 unspecified atom stereocenters. The van der Waals surface area contributed by atoms with E-state index in [9.17, 15) is 9.90 Å². The van der Waals surface area contributed by atoms with Gasteiger partial charge in [-0.15, -0.1) is 0 Å². The van der Waals surface area contributed by atoms with Crippen LogP contribution in [0.2, 0.25) is 0 Å². The summed E-state index contributed by atoms with van der Waals surface area (Å²) in [7, 11) is 3.62. The van der Waals surface area contributed by atoms with Crippen molar-refractivity contribution >= 4 is 16.9 Å². The number of amides is 1. The topological polar surface area (TPSA) is 84.5 Å². The van der Waals surface area contributed by atoms with Gasteiger partial charge in [-0.2, -0.15) is 0 Å². The number of phenols is 1. The SMILES string of the molecule is CN(C)C(=O)C(c1cccc(-c2cnc3[nH]cc(-c4ccccc4O)c3c2)c1)N1CCNCC1. The van der Waals surface area contributed by atoms with Crippen molar-refractivity contribution in [1.82, 2.24) is 25.1 Å². The second kappa shape index (κ2) is 9.29. The van der Waals surface area contributed by atoms with E-state index in [1.807, 2.05) is 62.9 Å². The lowest BCUT2D eigenvalue weighted by atomic mass is 9.97. The molecule has 34 heavy (non-hydrogen) atoms. The lowest BCUT2D eigenvalue weighted by molar-refractivity contribution is -0.135. The number of hydrogen-bond acceptors (Lipinski definition) is 5. The Labute approximate surface area is 199 Å². The van der Waals surface area contributed by atoms with Gasteiger partial charge in [-0.3, -0.25) is 9.69 Å².